The number of furan rings is 1. The summed E-state index contributed by atoms with van der Waals surface area (Å²) in [4.78, 5) is 6.74. The van der Waals surface area contributed by atoms with Crippen molar-refractivity contribution in [1.82, 2.24) is 9.88 Å². The molecule has 2 aliphatic heterocycles. The minimum atomic E-state index is 0.509. The molecule has 0 spiro atoms. The van der Waals surface area contributed by atoms with Gasteiger partial charge in [0.2, 0.25) is 0 Å². The van der Waals surface area contributed by atoms with E-state index in [-0.39, 0.29) is 0 Å². The summed E-state index contributed by atoms with van der Waals surface area (Å²) in [5, 5.41) is 1.18. The van der Waals surface area contributed by atoms with Crippen LogP contribution in [0.1, 0.15) is 37.5 Å². The van der Waals surface area contributed by atoms with E-state index in [1.165, 1.54) is 37.6 Å². The highest BCUT2D eigenvalue weighted by atomic mass is 16.3. The normalized spacial score (nSPS) is 28.9. The number of nitrogens with zero attached hydrogens (tertiary/aromatic N) is 2. The zero-order chi connectivity index (χ0) is 11.2. The van der Waals surface area contributed by atoms with Gasteiger partial charge in [0, 0.05) is 17.6 Å². The van der Waals surface area contributed by atoms with E-state index in [4.69, 9.17) is 4.42 Å². The summed E-state index contributed by atoms with van der Waals surface area (Å²) in [7, 11) is 0. The van der Waals surface area contributed by atoms with Gasteiger partial charge in [-0.25, -0.2) is 0 Å². The second-order valence-electron chi connectivity index (χ2n) is 5.19. The molecule has 2 saturated heterocycles. The smallest absolute Gasteiger partial charge is 0.152 e. The lowest BCUT2D eigenvalue weighted by Crippen LogP contribution is -2.25. The Balaban J connectivity index is 1.74. The maximum Gasteiger partial charge on any atom is 0.152 e. The van der Waals surface area contributed by atoms with Crippen LogP contribution in [-0.2, 0) is 0 Å². The molecule has 2 fully saturated rings. The molecule has 3 heteroatoms. The molecule has 3 nitrogen and oxygen atoms in total. The molecule has 88 valence electrons. The second-order valence-corrected chi connectivity index (χ2v) is 5.19. The van der Waals surface area contributed by atoms with Gasteiger partial charge in [0.15, 0.2) is 5.58 Å². The minimum absolute atomic E-state index is 0.509. The van der Waals surface area contributed by atoms with E-state index in [2.05, 4.69) is 16.0 Å². The summed E-state index contributed by atoms with van der Waals surface area (Å²) in [5.41, 5.74) is 0.921. The van der Waals surface area contributed by atoms with E-state index < -0.39 is 0 Å². The van der Waals surface area contributed by atoms with E-state index in [0.29, 0.717) is 6.04 Å². The summed E-state index contributed by atoms with van der Waals surface area (Å²) in [6.45, 7) is 1.24. The van der Waals surface area contributed by atoms with Gasteiger partial charge >= 0.3 is 0 Å². The van der Waals surface area contributed by atoms with Crippen LogP contribution in [0, 0.1) is 0 Å². The molecule has 2 atom stereocenters. The topological polar surface area (TPSA) is 29.3 Å². The molecule has 17 heavy (non-hydrogen) atoms. The van der Waals surface area contributed by atoms with Gasteiger partial charge in [0.05, 0.1) is 12.2 Å². The molecule has 4 heterocycles. The molecule has 2 aliphatic rings. The predicted octanol–water partition coefficient (Wildman–Crippen LogP) is 3.13. The summed E-state index contributed by atoms with van der Waals surface area (Å²) in [5.74, 6) is 1.14. The molecule has 4 rings (SSSR count). The van der Waals surface area contributed by atoms with Crippen molar-refractivity contribution >= 4 is 11.0 Å². The molecule has 0 aliphatic carbocycles. The lowest BCUT2D eigenvalue weighted by molar-refractivity contribution is 0.225. The van der Waals surface area contributed by atoms with E-state index in [1.807, 2.05) is 18.5 Å². The second kappa shape index (κ2) is 3.57. The Morgan fingerprint density at radius 2 is 2.29 bits per heavy atom. The Hall–Kier alpha value is -1.35. The molecule has 0 amide bonds. The fraction of sp³-hybridized carbons (Fsp3) is 0.500. The molecular weight excluding hydrogens is 212 g/mol. The quantitative estimate of drug-likeness (QED) is 0.751. The van der Waals surface area contributed by atoms with Crippen molar-refractivity contribution in [3.63, 3.8) is 0 Å². The van der Waals surface area contributed by atoms with Crippen molar-refractivity contribution in [2.24, 2.45) is 0 Å². The number of hydrogen-bond donors (Lipinski definition) is 0. The Labute approximate surface area is 100 Å². The van der Waals surface area contributed by atoms with Crippen LogP contribution in [0.15, 0.2) is 28.9 Å². The van der Waals surface area contributed by atoms with Crippen molar-refractivity contribution in [3.05, 3.63) is 30.3 Å². The zero-order valence-corrected chi connectivity index (χ0v) is 9.80. The lowest BCUT2D eigenvalue weighted by atomic mass is 10.1. The largest absolute Gasteiger partial charge is 0.458 e. The first-order valence-electron chi connectivity index (χ1n) is 6.51. The van der Waals surface area contributed by atoms with Crippen molar-refractivity contribution in [2.45, 2.75) is 37.8 Å². The highest BCUT2D eigenvalue weighted by Gasteiger charge is 2.38. The summed E-state index contributed by atoms with van der Waals surface area (Å²) < 4.78 is 5.96. The SMILES string of the molecule is c1cc2cc([C@@H]3CCC4CCCN43)oc2cn1. The van der Waals surface area contributed by atoms with Gasteiger partial charge in [-0.1, -0.05) is 0 Å². The van der Waals surface area contributed by atoms with Crippen molar-refractivity contribution in [2.75, 3.05) is 6.54 Å². The molecule has 0 aromatic carbocycles. The fourth-order valence-electron chi connectivity index (χ4n) is 3.47. The van der Waals surface area contributed by atoms with Crippen LogP contribution >= 0.6 is 0 Å². The maximum atomic E-state index is 5.96. The number of fused-ring (bicyclic) bond motifs is 2. The Morgan fingerprint density at radius 3 is 3.24 bits per heavy atom. The van der Waals surface area contributed by atoms with Gasteiger partial charge in [-0.05, 0) is 44.4 Å². The summed E-state index contributed by atoms with van der Waals surface area (Å²) in [6, 6.07) is 5.54. The summed E-state index contributed by atoms with van der Waals surface area (Å²) >= 11 is 0. The first-order chi connectivity index (χ1) is 8.42. The Morgan fingerprint density at radius 1 is 1.29 bits per heavy atom. The number of hydrogen-bond acceptors (Lipinski definition) is 3. The third kappa shape index (κ3) is 1.42. The van der Waals surface area contributed by atoms with Gasteiger partial charge in [-0.3, -0.25) is 9.88 Å². The number of pyridine rings is 1. The molecule has 2 aromatic rings. The monoisotopic (exact) mass is 228 g/mol. The molecule has 1 unspecified atom stereocenters. The van der Waals surface area contributed by atoms with Gasteiger partial charge in [0.25, 0.3) is 0 Å². The van der Waals surface area contributed by atoms with E-state index >= 15 is 0 Å². The number of aromatic nitrogens is 1. The van der Waals surface area contributed by atoms with E-state index in [1.54, 1.807) is 0 Å². The van der Waals surface area contributed by atoms with Gasteiger partial charge in [-0.15, -0.1) is 0 Å². The van der Waals surface area contributed by atoms with Crippen LogP contribution in [-0.4, -0.2) is 22.5 Å². The van der Waals surface area contributed by atoms with Crippen LogP contribution in [0.25, 0.3) is 11.0 Å². The highest BCUT2D eigenvalue weighted by Crippen LogP contribution is 2.42. The molecule has 0 bridgehead atoms. The standard InChI is InChI=1S/C14H16N2O/c1-2-11-3-4-12(16(11)7-1)13-8-10-5-6-15-9-14(10)17-13/h5-6,8-9,11-12H,1-4,7H2/t11?,12-/m0/s1. The zero-order valence-electron chi connectivity index (χ0n) is 9.80. The number of rotatable bonds is 1. The third-order valence-electron chi connectivity index (χ3n) is 4.27. The van der Waals surface area contributed by atoms with Crippen LogP contribution in [0.3, 0.4) is 0 Å². The van der Waals surface area contributed by atoms with Crippen molar-refractivity contribution in [3.8, 4) is 0 Å². The van der Waals surface area contributed by atoms with Crippen molar-refractivity contribution < 1.29 is 4.42 Å². The van der Waals surface area contributed by atoms with Crippen LogP contribution in [0.5, 0.6) is 0 Å². The van der Waals surface area contributed by atoms with Gasteiger partial charge in [-0.2, -0.15) is 0 Å². The predicted molar refractivity (Wildman–Crippen MR) is 65.7 cm³/mol. The van der Waals surface area contributed by atoms with E-state index in [0.717, 1.165) is 17.4 Å². The molecule has 2 aromatic heterocycles. The lowest BCUT2D eigenvalue weighted by Gasteiger charge is -2.21. The molecule has 0 saturated carbocycles. The average molecular weight is 228 g/mol. The molecule has 0 N–H and O–H groups in total. The van der Waals surface area contributed by atoms with Crippen LogP contribution in [0.4, 0.5) is 0 Å². The first kappa shape index (κ1) is 9.66. The molecular formula is C14H16N2O. The molecule has 0 radical (unpaired) electrons. The third-order valence-corrected chi connectivity index (χ3v) is 4.27. The maximum absolute atomic E-state index is 5.96. The van der Waals surface area contributed by atoms with Gasteiger partial charge < -0.3 is 4.42 Å². The average Bonchev–Trinajstić information content (AvgIpc) is 3.02. The Kier molecular flexibility index (Phi) is 2.03. The highest BCUT2D eigenvalue weighted by molar-refractivity contribution is 5.76. The first-order valence-corrected chi connectivity index (χ1v) is 6.51. The minimum Gasteiger partial charge on any atom is -0.458 e. The fourth-order valence-corrected chi connectivity index (χ4v) is 3.47. The van der Waals surface area contributed by atoms with E-state index in [9.17, 15) is 0 Å². The van der Waals surface area contributed by atoms with Crippen molar-refractivity contribution in [1.29, 1.82) is 0 Å². The van der Waals surface area contributed by atoms with Crippen LogP contribution in [0.2, 0.25) is 0 Å². The van der Waals surface area contributed by atoms with Gasteiger partial charge in [0.1, 0.15) is 5.76 Å². The Bertz CT molecular complexity index is 515. The van der Waals surface area contributed by atoms with Crippen LogP contribution < -0.4 is 0 Å². The summed E-state index contributed by atoms with van der Waals surface area (Å²) in [6.07, 6.45) is 8.95.